The molecule has 4 heteroatoms. The number of aliphatic imine (C=N–C) groups is 1. The summed E-state index contributed by atoms with van der Waals surface area (Å²) >= 11 is 3.37. The number of carboxylic acids is 1. The summed E-state index contributed by atoms with van der Waals surface area (Å²) in [4.78, 5) is 15.6. The first-order chi connectivity index (χ1) is 8.66. The van der Waals surface area contributed by atoms with Crippen molar-refractivity contribution in [3.63, 3.8) is 0 Å². The molecule has 0 saturated carbocycles. The SMILES string of the molecule is O=C(O)c1cc(Br)cc2c1N=CC1C=CC=CC21. The second kappa shape index (κ2) is 4.21. The van der Waals surface area contributed by atoms with Gasteiger partial charge in [-0.2, -0.15) is 0 Å². The Morgan fingerprint density at radius 3 is 2.83 bits per heavy atom. The first-order valence-electron chi connectivity index (χ1n) is 5.63. The number of rotatable bonds is 1. The molecule has 0 radical (unpaired) electrons. The predicted octanol–water partition coefficient (Wildman–Crippen LogP) is 3.69. The summed E-state index contributed by atoms with van der Waals surface area (Å²) in [6, 6.07) is 3.56. The van der Waals surface area contributed by atoms with Gasteiger partial charge in [-0.25, -0.2) is 4.79 Å². The van der Waals surface area contributed by atoms with Crippen molar-refractivity contribution >= 4 is 33.8 Å². The Bertz CT molecular complexity index is 616. The monoisotopic (exact) mass is 303 g/mol. The summed E-state index contributed by atoms with van der Waals surface area (Å²) in [5.74, 6) is -0.546. The van der Waals surface area contributed by atoms with E-state index in [1.165, 1.54) is 0 Å². The van der Waals surface area contributed by atoms with E-state index >= 15 is 0 Å². The van der Waals surface area contributed by atoms with E-state index in [1.54, 1.807) is 6.07 Å². The minimum atomic E-state index is -0.946. The first-order valence-corrected chi connectivity index (χ1v) is 6.42. The Hall–Kier alpha value is -1.68. The quantitative estimate of drug-likeness (QED) is 0.860. The van der Waals surface area contributed by atoms with Gasteiger partial charge in [-0.3, -0.25) is 4.99 Å². The molecule has 0 saturated heterocycles. The molecule has 0 spiro atoms. The number of halogens is 1. The van der Waals surface area contributed by atoms with Crippen molar-refractivity contribution in [1.82, 2.24) is 0 Å². The van der Waals surface area contributed by atoms with Crippen LogP contribution >= 0.6 is 15.9 Å². The Kier molecular flexibility index (Phi) is 2.67. The third-order valence-electron chi connectivity index (χ3n) is 3.25. The molecule has 1 N–H and O–H groups in total. The van der Waals surface area contributed by atoms with Crippen LogP contribution in [0.25, 0.3) is 0 Å². The van der Waals surface area contributed by atoms with E-state index in [-0.39, 0.29) is 17.4 Å². The number of benzene rings is 1. The van der Waals surface area contributed by atoms with Crippen LogP contribution < -0.4 is 0 Å². The molecule has 90 valence electrons. The Labute approximate surface area is 113 Å². The van der Waals surface area contributed by atoms with Gasteiger partial charge in [0.1, 0.15) is 0 Å². The summed E-state index contributed by atoms with van der Waals surface area (Å²) in [5.41, 5.74) is 1.79. The van der Waals surface area contributed by atoms with Crippen LogP contribution in [0.4, 0.5) is 5.69 Å². The zero-order valence-corrected chi connectivity index (χ0v) is 11.0. The number of aromatic carboxylic acids is 1. The predicted molar refractivity (Wildman–Crippen MR) is 73.8 cm³/mol. The average Bonchev–Trinajstić information content (AvgIpc) is 2.37. The van der Waals surface area contributed by atoms with Crippen molar-refractivity contribution in [1.29, 1.82) is 0 Å². The number of allylic oxidation sites excluding steroid dienone is 4. The molecule has 3 nitrogen and oxygen atoms in total. The average molecular weight is 304 g/mol. The van der Waals surface area contributed by atoms with Crippen LogP contribution in [0.1, 0.15) is 21.8 Å². The van der Waals surface area contributed by atoms with Crippen molar-refractivity contribution in [3.8, 4) is 0 Å². The lowest BCUT2D eigenvalue weighted by molar-refractivity contribution is 0.0697. The summed E-state index contributed by atoms with van der Waals surface area (Å²) in [6.07, 6.45) is 9.98. The summed E-state index contributed by atoms with van der Waals surface area (Å²) in [6.45, 7) is 0. The topological polar surface area (TPSA) is 49.7 Å². The summed E-state index contributed by atoms with van der Waals surface area (Å²) < 4.78 is 0.775. The Balaban J connectivity index is 2.23. The third kappa shape index (κ3) is 1.73. The lowest BCUT2D eigenvalue weighted by Crippen LogP contribution is -2.17. The molecule has 18 heavy (non-hydrogen) atoms. The third-order valence-corrected chi connectivity index (χ3v) is 3.70. The normalized spacial score (nSPS) is 23.6. The summed E-state index contributed by atoms with van der Waals surface area (Å²) in [7, 11) is 0. The van der Waals surface area contributed by atoms with Crippen LogP contribution in [0, 0.1) is 5.92 Å². The highest BCUT2D eigenvalue weighted by atomic mass is 79.9. The molecule has 2 unspecified atom stereocenters. The Morgan fingerprint density at radius 1 is 1.28 bits per heavy atom. The van der Waals surface area contributed by atoms with Crippen molar-refractivity contribution in [2.24, 2.45) is 10.9 Å². The van der Waals surface area contributed by atoms with Crippen molar-refractivity contribution < 1.29 is 9.90 Å². The van der Waals surface area contributed by atoms with Gasteiger partial charge in [0, 0.05) is 22.5 Å². The second-order valence-corrected chi connectivity index (χ2v) is 5.26. The second-order valence-electron chi connectivity index (χ2n) is 4.35. The molecule has 3 rings (SSSR count). The molecule has 2 aliphatic rings. The lowest BCUT2D eigenvalue weighted by atomic mass is 9.80. The molecule has 0 amide bonds. The number of carbonyl (C=O) groups is 1. The van der Waals surface area contributed by atoms with Crippen LogP contribution in [-0.2, 0) is 0 Å². The molecular formula is C14H10BrNO2. The maximum absolute atomic E-state index is 11.3. The number of nitrogens with zero attached hydrogens (tertiary/aromatic N) is 1. The maximum Gasteiger partial charge on any atom is 0.337 e. The molecule has 1 aromatic rings. The molecule has 0 bridgehead atoms. The molecule has 1 heterocycles. The highest BCUT2D eigenvalue weighted by molar-refractivity contribution is 9.10. The highest BCUT2D eigenvalue weighted by Crippen LogP contribution is 2.42. The van der Waals surface area contributed by atoms with E-state index in [2.05, 4.69) is 33.1 Å². The minimum absolute atomic E-state index is 0.179. The largest absolute Gasteiger partial charge is 0.478 e. The molecule has 2 atom stereocenters. The van der Waals surface area contributed by atoms with Gasteiger partial charge >= 0.3 is 5.97 Å². The lowest BCUT2D eigenvalue weighted by Gasteiger charge is -2.27. The van der Waals surface area contributed by atoms with Gasteiger partial charge in [-0.05, 0) is 17.7 Å². The smallest absolute Gasteiger partial charge is 0.337 e. The van der Waals surface area contributed by atoms with Crippen LogP contribution in [0.3, 0.4) is 0 Å². The van der Waals surface area contributed by atoms with Gasteiger partial charge in [-0.15, -0.1) is 0 Å². The molecule has 1 aliphatic heterocycles. The molecule has 1 aliphatic carbocycles. The number of carboxylic acid groups (broad SMARTS) is 1. The van der Waals surface area contributed by atoms with Crippen LogP contribution in [0.5, 0.6) is 0 Å². The fourth-order valence-corrected chi connectivity index (χ4v) is 2.90. The van der Waals surface area contributed by atoms with Crippen molar-refractivity contribution in [2.45, 2.75) is 5.92 Å². The summed E-state index contributed by atoms with van der Waals surface area (Å²) in [5, 5.41) is 9.23. The Morgan fingerprint density at radius 2 is 2.06 bits per heavy atom. The highest BCUT2D eigenvalue weighted by Gasteiger charge is 2.28. The van der Waals surface area contributed by atoms with Crippen molar-refractivity contribution in [2.75, 3.05) is 0 Å². The van der Waals surface area contributed by atoms with E-state index < -0.39 is 5.97 Å². The zero-order valence-electron chi connectivity index (χ0n) is 9.38. The van der Waals surface area contributed by atoms with E-state index in [1.807, 2.05) is 24.4 Å². The fraction of sp³-hybridized carbons (Fsp3) is 0.143. The molecule has 1 aromatic carbocycles. The van der Waals surface area contributed by atoms with Crippen LogP contribution in [0.15, 0.2) is 45.9 Å². The molecule has 0 aromatic heterocycles. The minimum Gasteiger partial charge on any atom is -0.478 e. The first kappa shape index (κ1) is 11.4. The number of hydrogen-bond acceptors (Lipinski definition) is 2. The van der Waals surface area contributed by atoms with Crippen molar-refractivity contribution in [3.05, 3.63) is 52.0 Å². The van der Waals surface area contributed by atoms with Gasteiger partial charge in [0.05, 0.1) is 11.3 Å². The molecule has 0 fully saturated rings. The van der Waals surface area contributed by atoms with Crippen LogP contribution in [-0.4, -0.2) is 17.3 Å². The number of hydrogen-bond donors (Lipinski definition) is 1. The van der Waals surface area contributed by atoms with Gasteiger partial charge in [0.15, 0.2) is 0 Å². The standard InChI is InChI=1S/C14H10BrNO2/c15-9-5-11-10-4-2-1-3-8(10)7-16-13(11)12(6-9)14(17)18/h1-8,10H,(H,17,18). The van der Waals surface area contributed by atoms with Gasteiger partial charge in [0.2, 0.25) is 0 Å². The zero-order chi connectivity index (χ0) is 12.7. The number of fused-ring (bicyclic) bond motifs is 3. The van der Waals surface area contributed by atoms with Gasteiger partial charge in [-0.1, -0.05) is 40.2 Å². The van der Waals surface area contributed by atoms with E-state index in [0.29, 0.717) is 5.69 Å². The maximum atomic E-state index is 11.3. The van der Waals surface area contributed by atoms with Gasteiger partial charge in [0.25, 0.3) is 0 Å². The van der Waals surface area contributed by atoms with E-state index in [4.69, 9.17) is 0 Å². The van der Waals surface area contributed by atoms with E-state index in [0.717, 1.165) is 10.0 Å². The fourth-order valence-electron chi connectivity index (χ4n) is 2.42. The van der Waals surface area contributed by atoms with Crippen LogP contribution in [0.2, 0.25) is 0 Å². The van der Waals surface area contributed by atoms with E-state index in [9.17, 15) is 9.90 Å². The van der Waals surface area contributed by atoms with Gasteiger partial charge < -0.3 is 5.11 Å². The molecular weight excluding hydrogens is 294 g/mol.